The number of carbonyl (C=O) groups excluding carboxylic acids is 1. The lowest BCUT2D eigenvalue weighted by atomic mass is 10.1. The van der Waals surface area contributed by atoms with Crippen molar-refractivity contribution < 1.29 is 4.79 Å². The predicted octanol–water partition coefficient (Wildman–Crippen LogP) is 1.89. The number of rotatable bonds is 9. The van der Waals surface area contributed by atoms with E-state index < -0.39 is 6.03 Å². The van der Waals surface area contributed by atoms with Crippen LogP contribution in [-0.4, -0.2) is 18.5 Å². The lowest BCUT2D eigenvalue weighted by molar-refractivity contribution is 0.249. The van der Waals surface area contributed by atoms with Crippen LogP contribution in [0.5, 0.6) is 0 Å². The number of hydrogen-bond acceptors (Lipinski definition) is 1. The summed E-state index contributed by atoms with van der Waals surface area (Å²) in [6, 6.07) is -0.462. The standard InChI is InChI=1S/C12H24N4O/c1-2-3-4-5-6-7-8-9-10-15-12(17)16-11(13)14/h2H,1,3-10H2,(H5,13,14,15,16,17). The molecule has 0 rings (SSSR count). The molecule has 0 aliphatic heterocycles. The third kappa shape index (κ3) is 12.4. The Morgan fingerprint density at radius 1 is 1.12 bits per heavy atom. The zero-order chi connectivity index (χ0) is 12.9. The van der Waals surface area contributed by atoms with Gasteiger partial charge in [-0.25, -0.2) is 4.79 Å². The SMILES string of the molecule is C=CCCCCCCCCNC(=O)N=C(N)N. The fraction of sp³-hybridized carbons (Fsp3) is 0.667. The second kappa shape index (κ2) is 11.0. The summed E-state index contributed by atoms with van der Waals surface area (Å²) in [7, 11) is 0. The van der Waals surface area contributed by atoms with Gasteiger partial charge in [-0.2, -0.15) is 4.99 Å². The Labute approximate surface area is 103 Å². The Kier molecular flexibility index (Phi) is 10.00. The van der Waals surface area contributed by atoms with E-state index in [2.05, 4.69) is 16.9 Å². The molecule has 17 heavy (non-hydrogen) atoms. The van der Waals surface area contributed by atoms with Crippen LogP contribution < -0.4 is 16.8 Å². The molecular formula is C12H24N4O. The number of carbonyl (C=O) groups is 1. The Bertz CT molecular complexity index is 247. The van der Waals surface area contributed by atoms with Crippen LogP contribution in [0.3, 0.4) is 0 Å². The highest BCUT2D eigenvalue weighted by molar-refractivity contribution is 5.90. The lowest BCUT2D eigenvalue weighted by Gasteiger charge is -2.02. The van der Waals surface area contributed by atoms with Crippen molar-refractivity contribution in [1.29, 1.82) is 0 Å². The van der Waals surface area contributed by atoms with E-state index in [0.717, 1.165) is 19.3 Å². The number of nitrogens with two attached hydrogens (primary N) is 2. The number of aliphatic imine (C=N–C) groups is 1. The maximum atomic E-state index is 11.0. The molecule has 0 unspecified atom stereocenters. The van der Waals surface area contributed by atoms with E-state index in [4.69, 9.17) is 11.5 Å². The van der Waals surface area contributed by atoms with Gasteiger partial charge < -0.3 is 16.8 Å². The van der Waals surface area contributed by atoms with E-state index in [9.17, 15) is 4.79 Å². The van der Waals surface area contributed by atoms with Gasteiger partial charge in [0.1, 0.15) is 0 Å². The number of urea groups is 1. The summed E-state index contributed by atoms with van der Waals surface area (Å²) >= 11 is 0. The molecule has 0 radical (unpaired) electrons. The second-order valence-corrected chi connectivity index (χ2v) is 3.97. The fourth-order valence-electron chi connectivity index (χ4n) is 1.47. The first-order chi connectivity index (χ1) is 8.16. The Morgan fingerprint density at radius 3 is 2.29 bits per heavy atom. The molecule has 0 heterocycles. The van der Waals surface area contributed by atoms with Crippen LogP contribution in [0.25, 0.3) is 0 Å². The average Bonchev–Trinajstić information content (AvgIpc) is 2.26. The van der Waals surface area contributed by atoms with Crippen LogP contribution in [0.1, 0.15) is 44.9 Å². The molecule has 0 saturated heterocycles. The van der Waals surface area contributed by atoms with Gasteiger partial charge in [0, 0.05) is 6.54 Å². The monoisotopic (exact) mass is 240 g/mol. The predicted molar refractivity (Wildman–Crippen MR) is 71.7 cm³/mol. The van der Waals surface area contributed by atoms with Gasteiger partial charge in [-0.05, 0) is 19.3 Å². The van der Waals surface area contributed by atoms with Crippen LogP contribution in [0.4, 0.5) is 4.79 Å². The van der Waals surface area contributed by atoms with Crippen LogP contribution in [0, 0.1) is 0 Å². The van der Waals surface area contributed by atoms with Gasteiger partial charge >= 0.3 is 6.03 Å². The number of guanidine groups is 1. The van der Waals surface area contributed by atoms with Crippen molar-refractivity contribution in [2.24, 2.45) is 16.5 Å². The van der Waals surface area contributed by atoms with Crippen molar-refractivity contribution in [2.75, 3.05) is 6.54 Å². The molecule has 2 amide bonds. The summed E-state index contributed by atoms with van der Waals surface area (Å²) in [4.78, 5) is 14.4. The van der Waals surface area contributed by atoms with E-state index in [1.165, 1.54) is 25.7 Å². The van der Waals surface area contributed by atoms with Crippen molar-refractivity contribution in [3.05, 3.63) is 12.7 Å². The van der Waals surface area contributed by atoms with Gasteiger partial charge in [0.2, 0.25) is 0 Å². The Morgan fingerprint density at radius 2 is 1.71 bits per heavy atom. The molecular weight excluding hydrogens is 216 g/mol. The second-order valence-electron chi connectivity index (χ2n) is 3.97. The number of amides is 2. The molecule has 0 aromatic carbocycles. The van der Waals surface area contributed by atoms with Gasteiger partial charge in [0.05, 0.1) is 0 Å². The average molecular weight is 240 g/mol. The van der Waals surface area contributed by atoms with Gasteiger partial charge in [0.15, 0.2) is 5.96 Å². The summed E-state index contributed by atoms with van der Waals surface area (Å²) < 4.78 is 0. The number of hydrogen-bond donors (Lipinski definition) is 3. The molecule has 0 aliphatic carbocycles. The van der Waals surface area contributed by atoms with Gasteiger partial charge in [-0.3, -0.25) is 0 Å². The van der Waals surface area contributed by atoms with Crippen LogP contribution in [0.2, 0.25) is 0 Å². The van der Waals surface area contributed by atoms with E-state index in [1.807, 2.05) is 6.08 Å². The van der Waals surface area contributed by atoms with E-state index >= 15 is 0 Å². The molecule has 0 fully saturated rings. The molecule has 0 spiro atoms. The first-order valence-electron chi connectivity index (χ1n) is 6.15. The number of allylic oxidation sites excluding steroid dienone is 1. The van der Waals surface area contributed by atoms with E-state index in [0.29, 0.717) is 6.54 Å². The molecule has 0 saturated carbocycles. The molecule has 5 nitrogen and oxygen atoms in total. The highest BCUT2D eigenvalue weighted by atomic mass is 16.2. The van der Waals surface area contributed by atoms with Gasteiger partial charge in [-0.15, -0.1) is 6.58 Å². The minimum Gasteiger partial charge on any atom is -0.370 e. The molecule has 0 atom stereocenters. The quantitative estimate of drug-likeness (QED) is 0.248. The van der Waals surface area contributed by atoms with Crippen LogP contribution in [0.15, 0.2) is 17.6 Å². The first-order valence-corrected chi connectivity index (χ1v) is 6.15. The molecule has 0 aliphatic rings. The zero-order valence-corrected chi connectivity index (χ0v) is 10.5. The third-order valence-corrected chi connectivity index (χ3v) is 2.34. The Balaban J connectivity index is 3.21. The minimum atomic E-state index is -0.462. The highest BCUT2D eigenvalue weighted by Crippen LogP contribution is 2.06. The normalized spacial score (nSPS) is 9.65. The molecule has 5 N–H and O–H groups in total. The smallest absolute Gasteiger partial charge is 0.344 e. The molecule has 0 aromatic rings. The summed E-state index contributed by atoms with van der Waals surface area (Å²) in [6.45, 7) is 4.31. The molecule has 0 aromatic heterocycles. The zero-order valence-electron chi connectivity index (χ0n) is 10.5. The molecule has 0 bridgehead atoms. The molecule has 5 heteroatoms. The van der Waals surface area contributed by atoms with Crippen molar-refractivity contribution in [2.45, 2.75) is 44.9 Å². The largest absolute Gasteiger partial charge is 0.370 e. The maximum Gasteiger partial charge on any atom is 0.344 e. The molecule has 98 valence electrons. The minimum absolute atomic E-state index is 0.204. The number of nitrogens with one attached hydrogen (secondary N) is 1. The Hall–Kier alpha value is -1.52. The van der Waals surface area contributed by atoms with Crippen molar-refractivity contribution in [1.82, 2.24) is 5.32 Å². The highest BCUT2D eigenvalue weighted by Gasteiger charge is 1.97. The third-order valence-electron chi connectivity index (χ3n) is 2.34. The maximum absolute atomic E-state index is 11.0. The van der Waals surface area contributed by atoms with E-state index in [-0.39, 0.29) is 5.96 Å². The van der Waals surface area contributed by atoms with Crippen molar-refractivity contribution >= 4 is 12.0 Å². The number of unbranched alkanes of at least 4 members (excludes halogenated alkanes) is 6. The van der Waals surface area contributed by atoms with E-state index in [1.54, 1.807) is 0 Å². The van der Waals surface area contributed by atoms with Gasteiger partial charge in [-0.1, -0.05) is 31.8 Å². The summed E-state index contributed by atoms with van der Waals surface area (Å²) in [5.74, 6) is -0.204. The van der Waals surface area contributed by atoms with Gasteiger partial charge in [0.25, 0.3) is 0 Å². The van der Waals surface area contributed by atoms with Crippen LogP contribution in [-0.2, 0) is 0 Å². The first kappa shape index (κ1) is 15.5. The van der Waals surface area contributed by atoms with Crippen molar-refractivity contribution in [3.8, 4) is 0 Å². The summed E-state index contributed by atoms with van der Waals surface area (Å²) in [5, 5.41) is 2.63. The lowest BCUT2D eigenvalue weighted by Crippen LogP contribution is -2.29. The van der Waals surface area contributed by atoms with Crippen LogP contribution >= 0.6 is 0 Å². The number of nitrogens with zero attached hydrogens (tertiary/aromatic N) is 1. The fourth-order valence-corrected chi connectivity index (χ4v) is 1.47. The topological polar surface area (TPSA) is 93.5 Å². The summed E-state index contributed by atoms with van der Waals surface area (Å²) in [6.07, 6.45) is 10.1. The summed E-state index contributed by atoms with van der Waals surface area (Å²) in [5.41, 5.74) is 10.1. The van der Waals surface area contributed by atoms with Crippen molar-refractivity contribution in [3.63, 3.8) is 0 Å².